The van der Waals surface area contributed by atoms with Crippen LogP contribution in [0, 0.1) is 4.91 Å². The van der Waals surface area contributed by atoms with Gasteiger partial charge >= 0.3 is 0 Å². The summed E-state index contributed by atoms with van der Waals surface area (Å²) in [6.07, 6.45) is 0.389. The van der Waals surface area contributed by atoms with Gasteiger partial charge in [0.2, 0.25) is 0 Å². The van der Waals surface area contributed by atoms with Crippen LogP contribution in [0.5, 0.6) is 0 Å². The molecule has 0 rings (SSSR count). The maximum atomic E-state index is 8.92. The minimum atomic E-state index is 0.389. The molecule has 0 bridgehead atoms. The Hall–Kier alpha value is -0.335. The normalized spacial score (nSPS) is 6.00. The molecule has 2 nitrogen and oxygen atoms in total. The zero-order chi connectivity index (χ0) is 3.41. The summed E-state index contributed by atoms with van der Waals surface area (Å²) in [7, 11) is 1.70. The molecule has 0 atom stereocenters. The first-order chi connectivity index (χ1) is 1.91. The van der Waals surface area contributed by atoms with Gasteiger partial charge in [-0.1, -0.05) is 5.18 Å². The predicted molar refractivity (Wildman–Crippen MR) is 19.2 cm³/mol. The van der Waals surface area contributed by atoms with Gasteiger partial charge in [0.25, 0.3) is 0 Å². The van der Waals surface area contributed by atoms with Gasteiger partial charge in [-0.3, -0.25) is 0 Å². The summed E-state index contributed by atoms with van der Waals surface area (Å²) in [5.74, 6) is 0. The van der Waals surface area contributed by atoms with Crippen LogP contribution in [0.4, 0.5) is 0 Å². The first-order valence-corrected chi connectivity index (χ1v) is 1.21. The van der Waals surface area contributed by atoms with Gasteiger partial charge in [0, 0.05) is 6.44 Å². The maximum absolute atomic E-state index is 8.92. The first-order valence-electron chi connectivity index (χ1n) is 1.21. The molecule has 0 aliphatic rings. The summed E-state index contributed by atoms with van der Waals surface area (Å²) in [6.45, 7) is 0. The van der Waals surface area contributed by atoms with Crippen LogP contribution >= 0.6 is 0 Å². The minimum Gasteiger partial charge on any atom is -0.152 e. The monoisotopic (exact) mass is 57.0 g/mol. The molecule has 3 heteroatoms. The van der Waals surface area contributed by atoms with E-state index in [1.54, 1.807) is 7.85 Å². The van der Waals surface area contributed by atoms with Crippen molar-refractivity contribution in [3.8, 4) is 0 Å². The highest BCUT2D eigenvalue weighted by Crippen LogP contribution is 1.45. The van der Waals surface area contributed by atoms with Gasteiger partial charge in [-0.05, 0) is 0 Å². The van der Waals surface area contributed by atoms with Crippen molar-refractivity contribution in [2.45, 2.75) is 0 Å². The third-order valence-corrected chi connectivity index (χ3v) is 0.129. The smallest absolute Gasteiger partial charge is 0.134 e. The molecule has 0 heterocycles. The van der Waals surface area contributed by atoms with E-state index in [0.717, 1.165) is 0 Å². The van der Waals surface area contributed by atoms with Crippen LogP contribution in [-0.2, 0) is 0 Å². The Kier molecular flexibility index (Phi) is 2.44. The Balaban J connectivity index is 2.30. The third kappa shape index (κ3) is 1.66. The fraction of sp³-hybridized carbons (Fsp3) is 1.00. The highest BCUT2D eigenvalue weighted by molar-refractivity contribution is 6.08. The van der Waals surface area contributed by atoms with Crippen molar-refractivity contribution in [3.05, 3.63) is 4.91 Å². The zero-order valence-corrected chi connectivity index (χ0v) is 2.56. The van der Waals surface area contributed by atoms with E-state index in [2.05, 4.69) is 5.18 Å². The topological polar surface area (TPSA) is 29.4 Å². The molecular formula is CH4BNO. The fourth-order valence-electron chi connectivity index (χ4n) is 0. The Morgan fingerprint density at radius 2 is 2.25 bits per heavy atom. The lowest BCUT2D eigenvalue weighted by atomic mass is 10.2. The van der Waals surface area contributed by atoms with Gasteiger partial charge in [-0.15, -0.1) is 0 Å². The van der Waals surface area contributed by atoms with Crippen LogP contribution in [0.1, 0.15) is 0 Å². The number of nitrogens with zero attached hydrogens (tertiary/aromatic N) is 1. The minimum absolute atomic E-state index is 0.389. The lowest BCUT2D eigenvalue weighted by Gasteiger charge is -1.51. The third-order valence-electron chi connectivity index (χ3n) is 0.129. The van der Waals surface area contributed by atoms with Gasteiger partial charge in [0.05, 0.1) is 0 Å². The molecule has 0 aliphatic heterocycles. The molecule has 0 unspecified atom stereocenters. The van der Waals surface area contributed by atoms with Crippen molar-refractivity contribution in [3.63, 3.8) is 0 Å². The van der Waals surface area contributed by atoms with Gasteiger partial charge in [-0.2, -0.15) is 4.91 Å². The Bertz CT molecular complexity index is 22.0. The number of hydrogen-bond acceptors (Lipinski definition) is 2. The van der Waals surface area contributed by atoms with E-state index in [4.69, 9.17) is 4.91 Å². The van der Waals surface area contributed by atoms with Crippen LogP contribution < -0.4 is 0 Å². The highest BCUT2D eigenvalue weighted by atomic mass is 16.2. The molecule has 0 aromatic carbocycles. The van der Waals surface area contributed by atoms with Crippen molar-refractivity contribution < 1.29 is 0 Å². The van der Waals surface area contributed by atoms with Crippen molar-refractivity contribution in [1.29, 1.82) is 0 Å². The molecule has 0 spiro atoms. The summed E-state index contributed by atoms with van der Waals surface area (Å²) < 4.78 is 0. The summed E-state index contributed by atoms with van der Waals surface area (Å²) in [4.78, 5) is 8.92. The van der Waals surface area contributed by atoms with E-state index in [1.807, 2.05) is 0 Å². The van der Waals surface area contributed by atoms with Gasteiger partial charge < -0.3 is 0 Å². The molecule has 0 aromatic heterocycles. The van der Waals surface area contributed by atoms with Crippen LogP contribution in [0.25, 0.3) is 0 Å². The van der Waals surface area contributed by atoms with Gasteiger partial charge in [0.1, 0.15) is 7.85 Å². The van der Waals surface area contributed by atoms with Crippen molar-refractivity contribution >= 4 is 7.85 Å². The second-order valence-electron chi connectivity index (χ2n) is 0.445. The molecule has 4 heavy (non-hydrogen) atoms. The quantitative estimate of drug-likeness (QED) is 0.290. The van der Waals surface area contributed by atoms with E-state index in [0.29, 0.717) is 6.44 Å². The lowest BCUT2D eigenvalue weighted by Crippen LogP contribution is -1.65. The van der Waals surface area contributed by atoms with Gasteiger partial charge in [-0.25, -0.2) is 0 Å². The Morgan fingerprint density at radius 3 is 2.25 bits per heavy atom. The highest BCUT2D eigenvalue weighted by Gasteiger charge is 1.53. The van der Waals surface area contributed by atoms with E-state index in [-0.39, 0.29) is 0 Å². The number of hydrogen-bond donors (Lipinski definition) is 0. The second-order valence-corrected chi connectivity index (χ2v) is 0.445. The average Bonchev–Trinajstić information content (AvgIpc) is 1.37. The lowest BCUT2D eigenvalue weighted by molar-refractivity contribution is 1.34. The van der Waals surface area contributed by atoms with E-state index in [1.165, 1.54) is 0 Å². The summed E-state index contributed by atoms with van der Waals surface area (Å²) in [6, 6.07) is 0. The van der Waals surface area contributed by atoms with Crippen molar-refractivity contribution in [2.75, 3.05) is 6.44 Å². The van der Waals surface area contributed by atoms with Crippen LogP contribution in [-0.4, -0.2) is 14.3 Å². The van der Waals surface area contributed by atoms with Crippen molar-refractivity contribution in [1.82, 2.24) is 0 Å². The molecule has 22 valence electrons. The van der Waals surface area contributed by atoms with E-state index in [9.17, 15) is 0 Å². The van der Waals surface area contributed by atoms with Gasteiger partial charge in [0.15, 0.2) is 0 Å². The molecule has 0 aromatic rings. The standard InChI is InChI=1S/CH4BNO/c2-1-3-4/h1-2H2. The second kappa shape index (κ2) is 2.66. The molecule has 0 aliphatic carbocycles. The maximum Gasteiger partial charge on any atom is 0.134 e. The Labute approximate surface area is 25.6 Å². The summed E-state index contributed by atoms with van der Waals surface area (Å²) in [5.41, 5.74) is 0. The SMILES string of the molecule is BCN=O. The van der Waals surface area contributed by atoms with Crippen LogP contribution in [0.3, 0.4) is 0 Å². The Morgan fingerprint density at radius 1 is 2.00 bits per heavy atom. The summed E-state index contributed by atoms with van der Waals surface area (Å²) in [5, 5.41) is 2.49. The van der Waals surface area contributed by atoms with E-state index < -0.39 is 0 Å². The predicted octanol–water partition coefficient (Wildman–Crippen LogP) is -0.657. The molecule has 0 N–H and O–H groups in total. The van der Waals surface area contributed by atoms with Crippen LogP contribution in [0.15, 0.2) is 5.18 Å². The average molecular weight is 56.9 g/mol. The fourth-order valence-corrected chi connectivity index (χ4v) is 0. The number of nitroso groups, excluding NO2 is 1. The first kappa shape index (κ1) is 3.66. The zero-order valence-electron chi connectivity index (χ0n) is 2.56. The van der Waals surface area contributed by atoms with Crippen LogP contribution in [0.2, 0.25) is 0 Å². The molecule has 0 radical (unpaired) electrons. The largest absolute Gasteiger partial charge is 0.152 e. The molecule has 0 saturated carbocycles. The van der Waals surface area contributed by atoms with Crippen molar-refractivity contribution in [2.24, 2.45) is 5.18 Å². The van der Waals surface area contributed by atoms with E-state index >= 15 is 0 Å². The molecule has 0 fully saturated rings. The molecule has 0 amide bonds. The number of rotatable bonds is 1. The molecular weight excluding hydrogens is 52.8 g/mol. The molecule has 0 saturated heterocycles. The summed E-state index contributed by atoms with van der Waals surface area (Å²) >= 11 is 0.